The van der Waals surface area contributed by atoms with Crippen molar-refractivity contribution < 1.29 is 4.74 Å². The lowest BCUT2D eigenvalue weighted by atomic mass is 10.3. The van der Waals surface area contributed by atoms with E-state index >= 15 is 0 Å². The predicted molar refractivity (Wildman–Crippen MR) is 91.5 cm³/mol. The number of hydrogen-bond acceptors (Lipinski definition) is 4. The minimum absolute atomic E-state index is 0.197. The number of hydrogen-bond donors (Lipinski definition) is 0. The lowest BCUT2D eigenvalue weighted by molar-refractivity contribution is 0.0530. The van der Waals surface area contributed by atoms with Crippen molar-refractivity contribution in [3.05, 3.63) is 47.6 Å². The fourth-order valence-corrected chi connectivity index (χ4v) is 3.06. The number of morpholine rings is 1. The van der Waals surface area contributed by atoms with Crippen LogP contribution in [0.1, 0.15) is 6.92 Å². The Labute approximate surface area is 139 Å². The van der Waals surface area contributed by atoms with Gasteiger partial charge >= 0.3 is 0 Å². The standard InChI is InChI=1S/C17H17ClN4O/c1-12-11-21(9-10-23-12)17-16-15(3-2-8-19-16)22(20-17)14-6-4-13(18)5-7-14/h2-8,12H,9-11H2,1H3. The Hall–Kier alpha value is -2.11. The molecule has 4 rings (SSSR count). The molecule has 23 heavy (non-hydrogen) atoms. The van der Waals surface area contributed by atoms with Gasteiger partial charge in [-0.3, -0.25) is 4.98 Å². The first-order valence-electron chi connectivity index (χ1n) is 7.68. The molecule has 6 heteroatoms. The molecule has 1 unspecified atom stereocenters. The molecule has 0 radical (unpaired) electrons. The molecular formula is C17H17ClN4O. The first-order valence-corrected chi connectivity index (χ1v) is 8.06. The topological polar surface area (TPSA) is 43.2 Å². The van der Waals surface area contributed by atoms with Crippen LogP contribution in [0, 0.1) is 0 Å². The molecule has 0 bridgehead atoms. The van der Waals surface area contributed by atoms with E-state index in [0.29, 0.717) is 11.6 Å². The molecule has 118 valence electrons. The summed E-state index contributed by atoms with van der Waals surface area (Å²) < 4.78 is 7.56. The molecule has 5 nitrogen and oxygen atoms in total. The van der Waals surface area contributed by atoms with Crippen molar-refractivity contribution in [3.63, 3.8) is 0 Å². The normalized spacial score (nSPS) is 18.5. The van der Waals surface area contributed by atoms with Crippen molar-refractivity contribution in [2.24, 2.45) is 0 Å². The van der Waals surface area contributed by atoms with Crippen molar-refractivity contribution >= 4 is 28.5 Å². The molecule has 0 N–H and O–H groups in total. The van der Waals surface area contributed by atoms with E-state index in [1.54, 1.807) is 0 Å². The predicted octanol–water partition coefficient (Wildman–Crippen LogP) is 3.30. The van der Waals surface area contributed by atoms with Crippen molar-refractivity contribution in [2.75, 3.05) is 24.6 Å². The highest BCUT2D eigenvalue weighted by Gasteiger charge is 2.23. The Morgan fingerprint density at radius 1 is 1.22 bits per heavy atom. The molecule has 1 fully saturated rings. The van der Waals surface area contributed by atoms with Crippen LogP contribution in [-0.4, -0.2) is 40.6 Å². The van der Waals surface area contributed by atoms with Crippen molar-refractivity contribution in [1.29, 1.82) is 0 Å². The van der Waals surface area contributed by atoms with Gasteiger partial charge in [0.2, 0.25) is 0 Å². The van der Waals surface area contributed by atoms with Crippen LogP contribution in [-0.2, 0) is 4.74 Å². The van der Waals surface area contributed by atoms with E-state index in [1.807, 2.05) is 47.3 Å². The van der Waals surface area contributed by atoms with Gasteiger partial charge in [-0.1, -0.05) is 11.6 Å². The Morgan fingerprint density at radius 2 is 2.04 bits per heavy atom. The summed E-state index contributed by atoms with van der Waals surface area (Å²) in [6.45, 7) is 4.44. The first-order chi connectivity index (χ1) is 11.2. The maximum absolute atomic E-state index is 6.00. The number of pyridine rings is 1. The van der Waals surface area contributed by atoms with Crippen LogP contribution in [0.3, 0.4) is 0 Å². The van der Waals surface area contributed by atoms with Gasteiger partial charge in [-0.2, -0.15) is 0 Å². The fourth-order valence-electron chi connectivity index (χ4n) is 2.94. The van der Waals surface area contributed by atoms with Crippen LogP contribution in [0.15, 0.2) is 42.6 Å². The van der Waals surface area contributed by atoms with E-state index in [0.717, 1.165) is 35.6 Å². The smallest absolute Gasteiger partial charge is 0.177 e. The van der Waals surface area contributed by atoms with E-state index in [9.17, 15) is 0 Å². The number of halogens is 1. The Bertz CT molecular complexity index is 830. The number of anilines is 1. The molecule has 0 saturated carbocycles. The summed E-state index contributed by atoms with van der Waals surface area (Å²) in [6.07, 6.45) is 2.01. The molecule has 1 aromatic carbocycles. The number of nitrogens with zero attached hydrogens (tertiary/aromatic N) is 4. The van der Waals surface area contributed by atoms with E-state index in [-0.39, 0.29) is 6.10 Å². The van der Waals surface area contributed by atoms with Gasteiger partial charge < -0.3 is 9.64 Å². The second-order valence-electron chi connectivity index (χ2n) is 5.71. The summed E-state index contributed by atoms with van der Waals surface area (Å²) in [5, 5.41) is 5.54. The Kier molecular flexibility index (Phi) is 3.67. The molecule has 1 aliphatic heterocycles. The van der Waals surface area contributed by atoms with Crippen molar-refractivity contribution in [2.45, 2.75) is 13.0 Å². The summed E-state index contributed by atoms with van der Waals surface area (Å²) in [5.74, 6) is 0.908. The minimum Gasteiger partial charge on any atom is -0.375 e. The molecule has 1 aliphatic rings. The second kappa shape index (κ2) is 5.83. The maximum atomic E-state index is 6.00. The van der Waals surface area contributed by atoms with Gasteiger partial charge in [0.15, 0.2) is 5.82 Å². The quantitative estimate of drug-likeness (QED) is 0.724. The fraction of sp³-hybridized carbons (Fsp3) is 0.294. The monoisotopic (exact) mass is 328 g/mol. The molecule has 3 aromatic rings. The van der Waals surface area contributed by atoms with Gasteiger partial charge in [-0.25, -0.2) is 4.68 Å². The number of fused-ring (bicyclic) bond motifs is 1. The molecule has 3 heterocycles. The van der Waals surface area contributed by atoms with E-state index in [1.165, 1.54) is 0 Å². The highest BCUT2D eigenvalue weighted by atomic mass is 35.5. The third kappa shape index (κ3) is 2.66. The lowest BCUT2D eigenvalue weighted by Crippen LogP contribution is -2.41. The Morgan fingerprint density at radius 3 is 2.83 bits per heavy atom. The largest absolute Gasteiger partial charge is 0.375 e. The molecule has 1 atom stereocenters. The zero-order valence-corrected chi connectivity index (χ0v) is 13.6. The van der Waals surface area contributed by atoms with Crippen molar-refractivity contribution in [1.82, 2.24) is 14.8 Å². The summed E-state index contributed by atoms with van der Waals surface area (Å²) in [4.78, 5) is 6.80. The molecule has 0 spiro atoms. The second-order valence-corrected chi connectivity index (χ2v) is 6.15. The number of rotatable bonds is 2. The summed E-state index contributed by atoms with van der Waals surface area (Å²) >= 11 is 6.00. The summed E-state index contributed by atoms with van der Waals surface area (Å²) in [7, 11) is 0. The SMILES string of the molecule is CC1CN(c2nn(-c3ccc(Cl)cc3)c3cccnc23)CCO1. The third-order valence-electron chi connectivity index (χ3n) is 4.03. The van der Waals surface area contributed by atoms with Crippen LogP contribution in [0.4, 0.5) is 5.82 Å². The van der Waals surface area contributed by atoms with Gasteiger partial charge in [0.1, 0.15) is 5.52 Å². The third-order valence-corrected chi connectivity index (χ3v) is 4.28. The van der Waals surface area contributed by atoms with E-state index in [2.05, 4.69) is 16.8 Å². The number of aromatic nitrogens is 3. The van der Waals surface area contributed by atoms with Crippen molar-refractivity contribution in [3.8, 4) is 5.69 Å². The number of benzene rings is 1. The molecular weight excluding hydrogens is 312 g/mol. The van der Waals surface area contributed by atoms with Crippen LogP contribution < -0.4 is 4.90 Å². The molecule has 1 saturated heterocycles. The van der Waals surface area contributed by atoms with E-state index in [4.69, 9.17) is 21.4 Å². The van der Waals surface area contributed by atoms with Crippen LogP contribution >= 0.6 is 11.6 Å². The average Bonchev–Trinajstić information content (AvgIpc) is 2.95. The number of ether oxygens (including phenoxy) is 1. The summed E-state index contributed by atoms with van der Waals surface area (Å²) in [6, 6.07) is 11.6. The van der Waals surface area contributed by atoms with Crippen LogP contribution in [0.25, 0.3) is 16.7 Å². The van der Waals surface area contributed by atoms with Gasteiger partial charge in [0, 0.05) is 24.3 Å². The zero-order valence-electron chi connectivity index (χ0n) is 12.8. The maximum Gasteiger partial charge on any atom is 0.177 e. The molecule has 0 aliphatic carbocycles. The first kappa shape index (κ1) is 14.5. The highest BCUT2D eigenvalue weighted by Crippen LogP contribution is 2.28. The zero-order chi connectivity index (χ0) is 15.8. The van der Waals surface area contributed by atoms with Gasteiger partial charge in [-0.05, 0) is 43.3 Å². The van der Waals surface area contributed by atoms with Crippen LogP contribution in [0.5, 0.6) is 0 Å². The van der Waals surface area contributed by atoms with Crippen LogP contribution in [0.2, 0.25) is 5.02 Å². The van der Waals surface area contributed by atoms with Gasteiger partial charge in [0.05, 0.1) is 23.9 Å². The average molecular weight is 329 g/mol. The minimum atomic E-state index is 0.197. The molecule has 0 amide bonds. The molecule has 2 aromatic heterocycles. The van der Waals surface area contributed by atoms with E-state index < -0.39 is 0 Å². The lowest BCUT2D eigenvalue weighted by Gasteiger charge is -2.31. The van der Waals surface area contributed by atoms with Gasteiger partial charge in [0.25, 0.3) is 0 Å². The highest BCUT2D eigenvalue weighted by molar-refractivity contribution is 6.30. The Balaban J connectivity index is 1.84. The van der Waals surface area contributed by atoms with Gasteiger partial charge in [-0.15, -0.1) is 5.10 Å². The summed E-state index contributed by atoms with van der Waals surface area (Å²) in [5.41, 5.74) is 2.88.